The molecule has 1 aliphatic rings. The van der Waals surface area contributed by atoms with Crippen LogP contribution in [0.2, 0.25) is 0 Å². The summed E-state index contributed by atoms with van der Waals surface area (Å²) in [5.74, 6) is -6.26. The average Bonchev–Trinajstić information content (AvgIpc) is 3.08. The van der Waals surface area contributed by atoms with E-state index >= 15 is 0 Å². The molecule has 0 aromatic heterocycles. The molecule has 6 N–H and O–H groups in total. The zero-order valence-corrected chi connectivity index (χ0v) is 16.4. The second-order valence-corrected chi connectivity index (χ2v) is 6.48. The summed E-state index contributed by atoms with van der Waals surface area (Å²) in [6.45, 7) is 3.70. The highest BCUT2D eigenvalue weighted by molar-refractivity contribution is 5.95. The van der Waals surface area contributed by atoms with Gasteiger partial charge in [0.05, 0.1) is 6.54 Å². The summed E-state index contributed by atoms with van der Waals surface area (Å²) in [7, 11) is 0. The third-order valence-electron chi connectivity index (χ3n) is 4.36. The molecule has 1 saturated heterocycles. The molecule has 1 heterocycles. The molecular formula is C17H24F3N3O8. The molecule has 14 heteroatoms. The second kappa shape index (κ2) is 11.9. The molecule has 0 aromatic carbocycles. The Balaban J connectivity index is 0.00000110. The van der Waals surface area contributed by atoms with Gasteiger partial charge in [-0.2, -0.15) is 13.2 Å². The first-order valence-electron chi connectivity index (χ1n) is 8.90. The van der Waals surface area contributed by atoms with E-state index in [0.717, 1.165) is 0 Å². The SMILES string of the molecule is C=CCC1(C(=O)NC(CCC(=O)O)C(=O)O)CCCN1C(=O)CN.O=C(O)C(F)(F)F. The lowest BCUT2D eigenvalue weighted by molar-refractivity contribution is -0.192. The molecule has 0 radical (unpaired) electrons. The number of carbonyl (C=O) groups excluding carboxylic acids is 2. The molecule has 2 amide bonds. The molecule has 0 bridgehead atoms. The van der Waals surface area contributed by atoms with E-state index < -0.39 is 53.9 Å². The summed E-state index contributed by atoms with van der Waals surface area (Å²) in [6.07, 6.45) is -3.12. The number of nitrogens with one attached hydrogen (secondary N) is 1. The smallest absolute Gasteiger partial charge is 0.481 e. The Morgan fingerprint density at radius 3 is 2.13 bits per heavy atom. The minimum atomic E-state index is -5.08. The molecule has 0 saturated carbocycles. The number of alkyl halides is 3. The number of carbonyl (C=O) groups is 5. The fourth-order valence-electron chi connectivity index (χ4n) is 2.95. The number of nitrogens with zero attached hydrogens (tertiary/aromatic N) is 1. The first kappa shape index (κ1) is 27.8. The van der Waals surface area contributed by atoms with Crippen LogP contribution in [0.25, 0.3) is 0 Å². The number of amides is 2. The van der Waals surface area contributed by atoms with Crippen LogP contribution in [-0.2, 0) is 24.0 Å². The van der Waals surface area contributed by atoms with Gasteiger partial charge in [-0.25, -0.2) is 9.59 Å². The fraction of sp³-hybridized carbons (Fsp3) is 0.588. The van der Waals surface area contributed by atoms with Crippen molar-refractivity contribution in [1.82, 2.24) is 10.2 Å². The van der Waals surface area contributed by atoms with Crippen molar-refractivity contribution in [3.8, 4) is 0 Å². The zero-order valence-electron chi connectivity index (χ0n) is 16.4. The van der Waals surface area contributed by atoms with E-state index in [2.05, 4.69) is 11.9 Å². The normalized spacial score (nSPS) is 18.9. The minimum absolute atomic E-state index is 0.163. The second-order valence-electron chi connectivity index (χ2n) is 6.48. The van der Waals surface area contributed by atoms with E-state index in [0.29, 0.717) is 19.4 Å². The van der Waals surface area contributed by atoms with Crippen LogP contribution >= 0.6 is 0 Å². The van der Waals surface area contributed by atoms with Crippen LogP contribution < -0.4 is 11.1 Å². The summed E-state index contributed by atoms with van der Waals surface area (Å²) in [6, 6.07) is -1.34. The van der Waals surface area contributed by atoms with Crippen LogP contribution in [0.4, 0.5) is 13.2 Å². The van der Waals surface area contributed by atoms with Gasteiger partial charge in [0.25, 0.3) is 0 Å². The molecule has 1 fully saturated rings. The number of aliphatic carboxylic acids is 3. The topological polar surface area (TPSA) is 187 Å². The highest BCUT2D eigenvalue weighted by Gasteiger charge is 2.49. The van der Waals surface area contributed by atoms with Gasteiger partial charge in [0.2, 0.25) is 11.8 Å². The van der Waals surface area contributed by atoms with Crippen molar-refractivity contribution in [2.45, 2.75) is 49.9 Å². The standard InChI is InChI=1S/C15H23N3O6.C2HF3O2/c1-2-6-15(7-3-8-18(15)11(19)9-16)14(24)17-10(13(22)23)4-5-12(20)21;3-2(4,5)1(6)7/h2,10H,1,3-9,16H2,(H,17,24)(H,20,21)(H,22,23);(H,6,7). The summed E-state index contributed by atoms with van der Waals surface area (Å²) in [4.78, 5) is 56.9. The Kier molecular flexibility index (Phi) is 10.7. The molecule has 11 nitrogen and oxygen atoms in total. The first-order chi connectivity index (χ1) is 14.2. The number of likely N-dealkylation sites (tertiary alicyclic amines) is 1. The van der Waals surface area contributed by atoms with Crippen molar-refractivity contribution < 1.29 is 52.5 Å². The predicted octanol–water partition coefficient (Wildman–Crippen LogP) is -0.0501. The van der Waals surface area contributed by atoms with Crippen molar-refractivity contribution in [2.75, 3.05) is 13.1 Å². The van der Waals surface area contributed by atoms with Crippen molar-refractivity contribution in [3.05, 3.63) is 12.7 Å². The quantitative estimate of drug-likeness (QED) is 0.297. The summed E-state index contributed by atoms with van der Waals surface area (Å²) >= 11 is 0. The Morgan fingerprint density at radius 1 is 1.19 bits per heavy atom. The number of hydrogen-bond donors (Lipinski definition) is 5. The molecule has 2 unspecified atom stereocenters. The first-order valence-corrected chi connectivity index (χ1v) is 8.90. The molecule has 31 heavy (non-hydrogen) atoms. The Hall–Kier alpha value is -3.16. The third kappa shape index (κ3) is 8.24. The number of carboxylic acid groups (broad SMARTS) is 3. The van der Waals surface area contributed by atoms with Crippen molar-refractivity contribution in [1.29, 1.82) is 0 Å². The van der Waals surface area contributed by atoms with Crippen molar-refractivity contribution in [2.24, 2.45) is 5.73 Å². The lowest BCUT2D eigenvalue weighted by Gasteiger charge is -2.37. The molecule has 0 aliphatic carbocycles. The van der Waals surface area contributed by atoms with E-state index in [-0.39, 0.29) is 19.4 Å². The van der Waals surface area contributed by atoms with Gasteiger partial charge in [-0.3, -0.25) is 14.4 Å². The van der Waals surface area contributed by atoms with Crippen LogP contribution in [0.5, 0.6) is 0 Å². The third-order valence-corrected chi connectivity index (χ3v) is 4.36. The van der Waals surface area contributed by atoms with Crippen LogP contribution in [0.1, 0.15) is 32.1 Å². The van der Waals surface area contributed by atoms with E-state index in [9.17, 15) is 37.5 Å². The monoisotopic (exact) mass is 455 g/mol. The highest BCUT2D eigenvalue weighted by atomic mass is 19.4. The summed E-state index contributed by atoms with van der Waals surface area (Å²) < 4.78 is 31.7. The van der Waals surface area contributed by atoms with E-state index in [1.807, 2.05) is 0 Å². The van der Waals surface area contributed by atoms with Gasteiger partial charge in [0.1, 0.15) is 11.6 Å². The molecular weight excluding hydrogens is 431 g/mol. The van der Waals surface area contributed by atoms with Crippen LogP contribution in [0.3, 0.4) is 0 Å². The van der Waals surface area contributed by atoms with Gasteiger partial charge in [-0.15, -0.1) is 6.58 Å². The van der Waals surface area contributed by atoms with Gasteiger partial charge in [0.15, 0.2) is 0 Å². The number of rotatable bonds is 9. The number of hydrogen-bond acceptors (Lipinski definition) is 6. The highest BCUT2D eigenvalue weighted by Crippen LogP contribution is 2.33. The predicted molar refractivity (Wildman–Crippen MR) is 97.7 cm³/mol. The van der Waals surface area contributed by atoms with Crippen LogP contribution in [0.15, 0.2) is 12.7 Å². The molecule has 176 valence electrons. The molecule has 0 aromatic rings. The van der Waals surface area contributed by atoms with Gasteiger partial charge in [-0.1, -0.05) is 6.08 Å². The lowest BCUT2D eigenvalue weighted by atomic mass is 9.90. The lowest BCUT2D eigenvalue weighted by Crippen LogP contribution is -2.60. The largest absolute Gasteiger partial charge is 0.490 e. The Bertz CT molecular complexity index is 713. The van der Waals surface area contributed by atoms with Crippen molar-refractivity contribution >= 4 is 29.7 Å². The molecule has 1 aliphatic heterocycles. The van der Waals surface area contributed by atoms with Crippen LogP contribution in [0, 0.1) is 0 Å². The maximum atomic E-state index is 12.7. The van der Waals surface area contributed by atoms with Gasteiger partial charge >= 0.3 is 24.1 Å². The van der Waals surface area contributed by atoms with Gasteiger partial charge < -0.3 is 31.3 Å². The summed E-state index contributed by atoms with van der Waals surface area (Å²) in [5.41, 5.74) is 4.16. The van der Waals surface area contributed by atoms with Gasteiger partial charge in [-0.05, 0) is 25.7 Å². The maximum Gasteiger partial charge on any atom is 0.490 e. The van der Waals surface area contributed by atoms with Crippen LogP contribution in [-0.4, -0.2) is 80.8 Å². The Morgan fingerprint density at radius 2 is 1.74 bits per heavy atom. The molecule has 0 spiro atoms. The number of halogens is 3. The van der Waals surface area contributed by atoms with E-state index in [4.69, 9.17) is 20.7 Å². The average molecular weight is 455 g/mol. The van der Waals surface area contributed by atoms with Gasteiger partial charge in [0, 0.05) is 13.0 Å². The molecule has 2 atom stereocenters. The number of carboxylic acids is 3. The maximum absolute atomic E-state index is 12.7. The minimum Gasteiger partial charge on any atom is -0.481 e. The van der Waals surface area contributed by atoms with Crippen molar-refractivity contribution in [3.63, 3.8) is 0 Å². The fourth-order valence-corrected chi connectivity index (χ4v) is 2.95. The summed E-state index contributed by atoms with van der Waals surface area (Å²) in [5, 5.41) is 27.4. The van der Waals surface area contributed by atoms with E-state index in [1.54, 1.807) is 0 Å². The Labute approximate surface area is 174 Å². The zero-order chi connectivity index (χ0) is 24.4. The molecule has 1 rings (SSSR count). The van der Waals surface area contributed by atoms with E-state index in [1.165, 1.54) is 11.0 Å². The number of nitrogens with two attached hydrogens (primary N) is 1.